The molecule has 2 bridgehead atoms. The minimum Gasteiger partial charge on any atom is -0.347 e. The summed E-state index contributed by atoms with van der Waals surface area (Å²) in [6.45, 7) is 0. The number of carbonyl (C=O) groups is 1. The van der Waals surface area contributed by atoms with Crippen LogP contribution in [0.1, 0.15) is 29.8 Å². The topological polar surface area (TPSA) is 92.9 Å². The van der Waals surface area contributed by atoms with Gasteiger partial charge in [-0.25, -0.2) is 5.84 Å². The predicted octanol–water partition coefficient (Wildman–Crippen LogP) is 0.536. The molecule has 3 saturated carbocycles. The maximum Gasteiger partial charge on any atom is 0.272 e. The van der Waals surface area contributed by atoms with Crippen molar-refractivity contribution in [2.24, 2.45) is 29.5 Å². The molecule has 0 radical (unpaired) electrons. The number of anilines is 1. The number of hydrogen-bond donors (Lipinski definition) is 3. The maximum atomic E-state index is 12.1. The summed E-state index contributed by atoms with van der Waals surface area (Å²) in [7, 11) is 0. The number of carbonyl (C=O) groups excluding carboxylic acids is 1. The van der Waals surface area contributed by atoms with Crippen molar-refractivity contribution in [3.05, 3.63) is 17.8 Å². The third-order valence-corrected chi connectivity index (χ3v) is 5.08. The Hall–Kier alpha value is -1.69. The van der Waals surface area contributed by atoms with E-state index in [4.69, 9.17) is 5.84 Å². The van der Waals surface area contributed by atoms with Crippen LogP contribution in [0.25, 0.3) is 0 Å². The second-order valence-electron chi connectivity index (χ2n) is 5.94. The van der Waals surface area contributed by atoms with Crippen LogP contribution in [0.2, 0.25) is 0 Å². The van der Waals surface area contributed by atoms with Gasteiger partial charge in [-0.15, -0.1) is 10.2 Å². The van der Waals surface area contributed by atoms with E-state index in [9.17, 15) is 4.79 Å². The van der Waals surface area contributed by atoms with E-state index in [1.54, 1.807) is 12.1 Å². The Labute approximate surface area is 111 Å². The second-order valence-corrected chi connectivity index (χ2v) is 5.94. The van der Waals surface area contributed by atoms with E-state index < -0.39 is 0 Å². The van der Waals surface area contributed by atoms with Crippen LogP contribution in [0.5, 0.6) is 0 Å². The third kappa shape index (κ3) is 1.63. The van der Waals surface area contributed by atoms with Crippen molar-refractivity contribution in [1.82, 2.24) is 15.5 Å². The fraction of sp³-hybridized carbons (Fsp3) is 0.615. The Morgan fingerprint density at radius 3 is 2.53 bits per heavy atom. The lowest BCUT2D eigenvalue weighted by Crippen LogP contribution is -2.30. The van der Waals surface area contributed by atoms with Gasteiger partial charge in [0.25, 0.3) is 5.91 Å². The number of nitrogens with one attached hydrogen (secondary N) is 2. The molecule has 4 atom stereocenters. The summed E-state index contributed by atoms with van der Waals surface area (Å²) in [5, 5.41) is 10.8. The molecule has 0 aromatic carbocycles. The summed E-state index contributed by atoms with van der Waals surface area (Å²) < 4.78 is 0. The molecule has 19 heavy (non-hydrogen) atoms. The average Bonchev–Trinajstić information content (AvgIpc) is 2.85. The molecule has 3 aliphatic carbocycles. The molecular formula is C13H17N5O. The first-order chi connectivity index (χ1) is 9.28. The van der Waals surface area contributed by atoms with E-state index in [1.807, 2.05) is 0 Å². The largest absolute Gasteiger partial charge is 0.347 e. The molecule has 1 aromatic heterocycles. The van der Waals surface area contributed by atoms with Gasteiger partial charge in [0.1, 0.15) is 0 Å². The van der Waals surface area contributed by atoms with Gasteiger partial charge in [-0.3, -0.25) is 4.79 Å². The molecule has 1 heterocycles. The Kier molecular flexibility index (Phi) is 2.29. The molecule has 1 aromatic rings. The zero-order valence-corrected chi connectivity index (χ0v) is 10.5. The van der Waals surface area contributed by atoms with Crippen LogP contribution in [0, 0.1) is 23.7 Å². The molecule has 6 heteroatoms. The summed E-state index contributed by atoms with van der Waals surface area (Å²) in [4.78, 5) is 12.1. The lowest BCUT2D eigenvalue weighted by Gasteiger charge is -2.10. The van der Waals surface area contributed by atoms with Crippen molar-refractivity contribution in [3.63, 3.8) is 0 Å². The van der Waals surface area contributed by atoms with Gasteiger partial charge in [-0.1, -0.05) is 0 Å². The number of nitrogens with zero attached hydrogens (tertiary/aromatic N) is 2. The number of hydrogen-bond acceptors (Lipinski definition) is 5. The summed E-state index contributed by atoms with van der Waals surface area (Å²) in [5.74, 6) is 8.74. The van der Waals surface area contributed by atoms with Gasteiger partial charge >= 0.3 is 0 Å². The summed E-state index contributed by atoms with van der Waals surface area (Å²) >= 11 is 0. The van der Waals surface area contributed by atoms with Crippen molar-refractivity contribution < 1.29 is 4.79 Å². The van der Waals surface area contributed by atoms with Gasteiger partial charge in [0, 0.05) is 6.04 Å². The van der Waals surface area contributed by atoms with E-state index in [1.165, 1.54) is 19.3 Å². The van der Waals surface area contributed by atoms with Gasteiger partial charge in [-0.2, -0.15) is 0 Å². The SMILES string of the molecule is NNc1ccc(C(=O)NC2C3C4CCC(C4)C23)nn1. The average molecular weight is 259 g/mol. The first-order valence-electron chi connectivity index (χ1n) is 6.89. The van der Waals surface area contributed by atoms with Crippen LogP contribution in [-0.4, -0.2) is 22.1 Å². The van der Waals surface area contributed by atoms with Crippen LogP contribution in [0.4, 0.5) is 5.82 Å². The van der Waals surface area contributed by atoms with Gasteiger partial charge in [-0.05, 0) is 55.1 Å². The van der Waals surface area contributed by atoms with Crippen molar-refractivity contribution in [2.75, 3.05) is 5.43 Å². The van der Waals surface area contributed by atoms with Crippen molar-refractivity contribution >= 4 is 11.7 Å². The van der Waals surface area contributed by atoms with E-state index >= 15 is 0 Å². The van der Waals surface area contributed by atoms with Crippen molar-refractivity contribution in [3.8, 4) is 0 Å². The monoisotopic (exact) mass is 259 g/mol. The Morgan fingerprint density at radius 1 is 1.21 bits per heavy atom. The fourth-order valence-corrected chi connectivity index (χ4v) is 4.27. The molecule has 3 aliphatic rings. The minimum atomic E-state index is -0.116. The second kappa shape index (κ2) is 3.90. The quantitative estimate of drug-likeness (QED) is 0.544. The van der Waals surface area contributed by atoms with Crippen LogP contribution in [-0.2, 0) is 0 Å². The Morgan fingerprint density at radius 2 is 1.95 bits per heavy atom. The van der Waals surface area contributed by atoms with E-state index in [0.29, 0.717) is 17.6 Å². The first-order valence-corrected chi connectivity index (χ1v) is 6.89. The van der Waals surface area contributed by atoms with Crippen LogP contribution in [0.15, 0.2) is 12.1 Å². The summed E-state index contributed by atoms with van der Waals surface area (Å²) in [6.07, 6.45) is 4.10. The molecule has 100 valence electrons. The zero-order chi connectivity index (χ0) is 13.0. The van der Waals surface area contributed by atoms with Gasteiger partial charge in [0.2, 0.25) is 0 Å². The third-order valence-electron chi connectivity index (χ3n) is 5.08. The number of aromatic nitrogens is 2. The number of rotatable bonds is 3. The van der Waals surface area contributed by atoms with Gasteiger partial charge in [0.05, 0.1) is 0 Å². The van der Waals surface area contributed by atoms with Crippen LogP contribution in [0.3, 0.4) is 0 Å². The van der Waals surface area contributed by atoms with E-state index in [2.05, 4.69) is 20.9 Å². The summed E-state index contributed by atoms with van der Waals surface area (Å²) in [5.41, 5.74) is 2.75. The minimum absolute atomic E-state index is 0.116. The molecule has 1 amide bonds. The highest BCUT2D eigenvalue weighted by Crippen LogP contribution is 2.65. The molecule has 0 aliphatic heterocycles. The molecule has 4 N–H and O–H groups in total. The number of amides is 1. The maximum absolute atomic E-state index is 12.1. The molecule has 4 unspecified atom stereocenters. The Balaban J connectivity index is 1.42. The molecule has 3 fully saturated rings. The lowest BCUT2D eigenvalue weighted by atomic mass is 10.0. The lowest BCUT2D eigenvalue weighted by molar-refractivity contribution is 0.0938. The smallest absolute Gasteiger partial charge is 0.272 e. The van der Waals surface area contributed by atoms with Crippen molar-refractivity contribution in [2.45, 2.75) is 25.3 Å². The highest BCUT2D eigenvalue weighted by Gasteiger charge is 2.65. The predicted molar refractivity (Wildman–Crippen MR) is 68.9 cm³/mol. The molecular weight excluding hydrogens is 242 g/mol. The molecule has 0 spiro atoms. The van der Waals surface area contributed by atoms with Crippen LogP contribution < -0.4 is 16.6 Å². The molecule has 6 nitrogen and oxygen atoms in total. The Bertz CT molecular complexity index is 500. The number of nitrogens with two attached hydrogens (primary N) is 1. The fourth-order valence-electron chi connectivity index (χ4n) is 4.27. The van der Waals surface area contributed by atoms with Gasteiger partial charge in [0.15, 0.2) is 11.5 Å². The highest BCUT2D eigenvalue weighted by atomic mass is 16.2. The zero-order valence-electron chi connectivity index (χ0n) is 10.5. The summed E-state index contributed by atoms with van der Waals surface area (Å²) in [6, 6.07) is 3.68. The number of fused-ring (bicyclic) bond motifs is 5. The highest BCUT2D eigenvalue weighted by molar-refractivity contribution is 5.92. The normalized spacial score (nSPS) is 37.8. The standard InChI is InChI=1S/C13H17N5O/c14-16-9-4-3-8(17-18-9)13(19)15-12-10-6-1-2-7(5-6)11(10)12/h3-4,6-7,10-12H,1-2,5,14H2,(H,15,19)(H,16,18). The van der Waals surface area contributed by atoms with Crippen molar-refractivity contribution in [1.29, 1.82) is 0 Å². The van der Waals surface area contributed by atoms with Crippen LogP contribution >= 0.6 is 0 Å². The van der Waals surface area contributed by atoms with E-state index in [-0.39, 0.29) is 5.91 Å². The number of nitrogen functional groups attached to an aromatic ring is 1. The molecule has 4 rings (SSSR count). The van der Waals surface area contributed by atoms with E-state index in [0.717, 1.165) is 23.7 Å². The first kappa shape index (κ1) is 11.2. The van der Waals surface area contributed by atoms with Gasteiger partial charge < -0.3 is 10.7 Å². The molecule has 0 saturated heterocycles. The number of hydrazine groups is 1.